The molecule has 2 N–H and O–H groups in total. The van der Waals surface area contributed by atoms with Crippen molar-refractivity contribution in [2.45, 2.75) is 74.9 Å². The molecule has 0 radical (unpaired) electrons. The number of hydrogen-bond donors (Lipinski definition) is 1. The Kier molecular flexibility index (Phi) is 4.20. The minimum Gasteiger partial charge on any atom is -0.399 e. The Bertz CT molecular complexity index is 445. The van der Waals surface area contributed by atoms with Crippen molar-refractivity contribution >= 4 is 17.4 Å². The summed E-state index contributed by atoms with van der Waals surface area (Å²) in [6.07, 6.45) is 6.21. The predicted octanol–water partition coefficient (Wildman–Crippen LogP) is 5.38. The Morgan fingerprint density at radius 1 is 1.05 bits per heavy atom. The summed E-state index contributed by atoms with van der Waals surface area (Å²) in [5, 5.41) is 0. The average molecular weight is 277 g/mol. The van der Waals surface area contributed by atoms with Gasteiger partial charge in [0.05, 0.1) is 0 Å². The highest BCUT2D eigenvalue weighted by atomic mass is 32.2. The average Bonchev–Trinajstić information content (AvgIpc) is 2.46. The summed E-state index contributed by atoms with van der Waals surface area (Å²) >= 11 is 2.09. The third kappa shape index (κ3) is 2.40. The summed E-state index contributed by atoms with van der Waals surface area (Å²) < 4.78 is 0.412. The molecule has 1 aliphatic rings. The molecule has 0 fully saturated rings. The van der Waals surface area contributed by atoms with Crippen LogP contribution in [0.4, 0.5) is 5.69 Å². The van der Waals surface area contributed by atoms with E-state index in [0.29, 0.717) is 10.2 Å². The van der Waals surface area contributed by atoms with Crippen molar-refractivity contribution in [1.82, 2.24) is 0 Å². The van der Waals surface area contributed by atoms with Crippen LogP contribution in [0.1, 0.15) is 65.4 Å². The molecule has 0 aromatic heterocycles. The molecule has 0 saturated carbocycles. The molecule has 0 aliphatic carbocycles. The maximum atomic E-state index is 6.04. The van der Waals surface area contributed by atoms with Gasteiger partial charge in [0.25, 0.3) is 0 Å². The Labute approximate surface area is 122 Å². The van der Waals surface area contributed by atoms with Gasteiger partial charge >= 0.3 is 0 Å². The molecule has 19 heavy (non-hydrogen) atoms. The zero-order valence-corrected chi connectivity index (χ0v) is 13.6. The van der Waals surface area contributed by atoms with E-state index in [2.05, 4.69) is 57.7 Å². The molecule has 0 amide bonds. The van der Waals surface area contributed by atoms with Crippen molar-refractivity contribution in [3.8, 4) is 0 Å². The van der Waals surface area contributed by atoms with Gasteiger partial charge in [0.15, 0.2) is 0 Å². The van der Waals surface area contributed by atoms with E-state index in [0.717, 1.165) is 5.69 Å². The first-order chi connectivity index (χ1) is 9.04. The van der Waals surface area contributed by atoms with Gasteiger partial charge in [-0.05, 0) is 61.3 Å². The summed E-state index contributed by atoms with van der Waals surface area (Å²) in [7, 11) is 0. The largest absolute Gasteiger partial charge is 0.399 e. The van der Waals surface area contributed by atoms with Gasteiger partial charge in [0.1, 0.15) is 0 Å². The van der Waals surface area contributed by atoms with Crippen molar-refractivity contribution in [3.05, 3.63) is 23.8 Å². The van der Waals surface area contributed by atoms with Gasteiger partial charge in [-0.1, -0.05) is 27.7 Å². The quantitative estimate of drug-likeness (QED) is 0.748. The van der Waals surface area contributed by atoms with Crippen LogP contribution in [-0.2, 0) is 5.41 Å². The molecular formula is C17H27NS. The highest BCUT2D eigenvalue weighted by Crippen LogP contribution is 2.56. The van der Waals surface area contributed by atoms with E-state index in [9.17, 15) is 0 Å². The predicted molar refractivity (Wildman–Crippen MR) is 86.9 cm³/mol. The van der Waals surface area contributed by atoms with Crippen LogP contribution < -0.4 is 5.73 Å². The molecule has 0 unspecified atom stereocenters. The van der Waals surface area contributed by atoms with Gasteiger partial charge in [-0.15, -0.1) is 11.8 Å². The summed E-state index contributed by atoms with van der Waals surface area (Å²) in [5.41, 5.74) is 8.77. The van der Waals surface area contributed by atoms with Gasteiger partial charge in [-0.3, -0.25) is 0 Å². The fourth-order valence-corrected chi connectivity index (χ4v) is 5.18. The minimum absolute atomic E-state index is 0.321. The molecule has 0 spiro atoms. The Morgan fingerprint density at radius 2 is 1.68 bits per heavy atom. The zero-order chi connectivity index (χ0) is 14.1. The molecule has 1 nitrogen and oxygen atoms in total. The van der Waals surface area contributed by atoms with E-state index in [1.165, 1.54) is 42.6 Å². The van der Waals surface area contributed by atoms with E-state index >= 15 is 0 Å². The first-order valence-corrected chi connectivity index (χ1v) is 8.45. The van der Waals surface area contributed by atoms with Crippen LogP contribution in [0, 0.1) is 0 Å². The van der Waals surface area contributed by atoms with Crippen molar-refractivity contribution in [2.75, 3.05) is 5.73 Å². The number of hydrogen-bond acceptors (Lipinski definition) is 2. The van der Waals surface area contributed by atoms with E-state index in [1.54, 1.807) is 0 Å². The smallest absolute Gasteiger partial charge is 0.0317 e. The third-order valence-corrected chi connectivity index (χ3v) is 6.93. The lowest BCUT2D eigenvalue weighted by molar-refractivity contribution is 0.293. The summed E-state index contributed by atoms with van der Waals surface area (Å²) in [4.78, 5) is 1.47. The number of nitrogens with two attached hydrogens (primary N) is 1. The van der Waals surface area contributed by atoms with E-state index in [-0.39, 0.29) is 0 Å². The van der Waals surface area contributed by atoms with Crippen LogP contribution >= 0.6 is 11.8 Å². The molecule has 0 atom stereocenters. The van der Waals surface area contributed by atoms with Crippen molar-refractivity contribution in [1.29, 1.82) is 0 Å². The van der Waals surface area contributed by atoms with Crippen LogP contribution in [-0.4, -0.2) is 4.75 Å². The number of benzene rings is 1. The molecule has 0 saturated heterocycles. The fourth-order valence-electron chi connectivity index (χ4n) is 3.56. The molecule has 2 rings (SSSR count). The highest BCUT2D eigenvalue weighted by Gasteiger charge is 2.44. The lowest BCUT2D eigenvalue weighted by atomic mass is 9.68. The van der Waals surface area contributed by atoms with Gasteiger partial charge < -0.3 is 5.73 Å². The lowest BCUT2D eigenvalue weighted by Gasteiger charge is -2.48. The van der Waals surface area contributed by atoms with Gasteiger partial charge in [0.2, 0.25) is 0 Å². The maximum Gasteiger partial charge on any atom is 0.0317 e. The number of thioether (sulfide) groups is 1. The van der Waals surface area contributed by atoms with Crippen molar-refractivity contribution < 1.29 is 0 Å². The second-order valence-electron chi connectivity index (χ2n) is 5.91. The third-order valence-electron chi connectivity index (χ3n) is 5.20. The van der Waals surface area contributed by atoms with Gasteiger partial charge in [0, 0.05) is 15.3 Å². The number of anilines is 1. The van der Waals surface area contributed by atoms with E-state index in [4.69, 9.17) is 5.73 Å². The van der Waals surface area contributed by atoms with E-state index < -0.39 is 0 Å². The Balaban J connectivity index is 2.58. The molecule has 1 aromatic rings. The van der Waals surface area contributed by atoms with Gasteiger partial charge in [-0.25, -0.2) is 0 Å². The topological polar surface area (TPSA) is 26.0 Å². The molecule has 2 heteroatoms. The zero-order valence-electron chi connectivity index (χ0n) is 12.8. The summed E-state index contributed by atoms with van der Waals surface area (Å²) in [6.45, 7) is 9.36. The fraction of sp³-hybridized carbons (Fsp3) is 0.647. The standard InChI is InChI=1S/C17H27NS/c1-5-16(6-2)12-17(7-3,8-4)19-15-10-9-13(18)11-14(15)16/h9-11H,5-8,12,18H2,1-4H3. The Morgan fingerprint density at radius 3 is 2.21 bits per heavy atom. The second-order valence-corrected chi connectivity index (χ2v) is 7.42. The Hall–Kier alpha value is -0.630. The number of nitrogen functional groups attached to an aromatic ring is 1. The van der Waals surface area contributed by atoms with Crippen molar-refractivity contribution in [2.24, 2.45) is 0 Å². The van der Waals surface area contributed by atoms with Gasteiger partial charge in [-0.2, -0.15) is 0 Å². The molecule has 1 aromatic carbocycles. The highest BCUT2D eigenvalue weighted by molar-refractivity contribution is 8.00. The number of fused-ring (bicyclic) bond motifs is 1. The summed E-state index contributed by atoms with van der Waals surface area (Å²) in [6, 6.07) is 6.53. The first kappa shape index (κ1) is 14.8. The molecule has 106 valence electrons. The van der Waals surface area contributed by atoms with Crippen LogP contribution in [0.2, 0.25) is 0 Å². The van der Waals surface area contributed by atoms with Crippen LogP contribution in [0.25, 0.3) is 0 Å². The minimum atomic E-state index is 0.321. The normalized spacial score (nSPS) is 20.0. The lowest BCUT2D eigenvalue weighted by Crippen LogP contribution is -2.40. The van der Waals surface area contributed by atoms with Crippen LogP contribution in [0.3, 0.4) is 0 Å². The van der Waals surface area contributed by atoms with Crippen molar-refractivity contribution in [3.63, 3.8) is 0 Å². The SMILES string of the molecule is CCC1(CC)CC(CC)(CC)c2cc(N)ccc2S1. The molecule has 0 bridgehead atoms. The second kappa shape index (κ2) is 5.40. The van der Waals surface area contributed by atoms with Crippen LogP contribution in [0.15, 0.2) is 23.1 Å². The molecule has 1 aliphatic heterocycles. The molecular weight excluding hydrogens is 250 g/mol. The first-order valence-electron chi connectivity index (χ1n) is 7.63. The number of rotatable bonds is 4. The van der Waals surface area contributed by atoms with E-state index in [1.807, 2.05) is 0 Å². The molecule has 1 heterocycles. The maximum absolute atomic E-state index is 6.04. The monoisotopic (exact) mass is 277 g/mol. The summed E-state index contributed by atoms with van der Waals surface area (Å²) in [5.74, 6) is 0. The van der Waals surface area contributed by atoms with Crippen LogP contribution in [0.5, 0.6) is 0 Å².